The molecule has 0 aliphatic rings. The zero-order valence-electron chi connectivity index (χ0n) is 10.3. The van der Waals surface area contributed by atoms with Gasteiger partial charge in [-0.25, -0.2) is 4.79 Å². The van der Waals surface area contributed by atoms with E-state index in [1.807, 2.05) is 45.0 Å². The Morgan fingerprint density at radius 1 is 1.38 bits per heavy atom. The molecule has 1 unspecified atom stereocenters. The van der Waals surface area contributed by atoms with E-state index in [4.69, 9.17) is 4.74 Å². The van der Waals surface area contributed by atoms with Crippen LogP contribution >= 0.6 is 0 Å². The minimum atomic E-state index is -0.384. The van der Waals surface area contributed by atoms with Gasteiger partial charge in [0.15, 0.2) is 0 Å². The van der Waals surface area contributed by atoms with Crippen LogP contribution in [0.4, 0.5) is 0 Å². The lowest BCUT2D eigenvalue weighted by atomic mass is 10.0. The van der Waals surface area contributed by atoms with Gasteiger partial charge in [0.05, 0.1) is 7.11 Å². The first kappa shape index (κ1) is 12.7. The van der Waals surface area contributed by atoms with Crippen LogP contribution in [0.3, 0.4) is 0 Å². The van der Waals surface area contributed by atoms with Crippen LogP contribution in [0.5, 0.6) is 0 Å². The summed E-state index contributed by atoms with van der Waals surface area (Å²) < 4.78 is 4.81. The lowest BCUT2D eigenvalue weighted by Crippen LogP contribution is -2.34. The Kier molecular flexibility index (Phi) is 4.50. The number of rotatable bonds is 4. The minimum Gasteiger partial charge on any atom is -0.468 e. The molecule has 1 atom stereocenters. The molecule has 0 bridgehead atoms. The Morgan fingerprint density at radius 2 is 2.06 bits per heavy atom. The molecule has 1 rings (SSSR count). The maximum atomic E-state index is 11.7. The van der Waals surface area contributed by atoms with E-state index >= 15 is 0 Å². The first-order chi connectivity index (χ1) is 7.54. The summed E-state index contributed by atoms with van der Waals surface area (Å²) in [6.45, 7) is 6.02. The summed E-state index contributed by atoms with van der Waals surface area (Å²) >= 11 is 0. The monoisotopic (exact) mass is 221 g/mol. The van der Waals surface area contributed by atoms with Crippen LogP contribution < -0.4 is 5.32 Å². The van der Waals surface area contributed by atoms with Gasteiger partial charge in [-0.3, -0.25) is 5.32 Å². The van der Waals surface area contributed by atoms with Crippen LogP contribution in [0.25, 0.3) is 0 Å². The molecule has 88 valence electrons. The molecule has 0 fully saturated rings. The van der Waals surface area contributed by atoms with Crippen LogP contribution in [0.2, 0.25) is 0 Å². The predicted molar refractivity (Wildman–Crippen MR) is 64.2 cm³/mol. The van der Waals surface area contributed by atoms with E-state index in [0.29, 0.717) is 0 Å². The van der Waals surface area contributed by atoms with E-state index < -0.39 is 0 Å². The third-order valence-corrected chi connectivity index (χ3v) is 2.31. The van der Waals surface area contributed by atoms with Crippen molar-refractivity contribution in [3.63, 3.8) is 0 Å². The molecule has 1 aromatic rings. The predicted octanol–water partition coefficient (Wildman–Crippen LogP) is 2.21. The normalized spacial score (nSPS) is 12.6. The lowest BCUT2D eigenvalue weighted by Gasteiger charge is -2.19. The van der Waals surface area contributed by atoms with Gasteiger partial charge < -0.3 is 4.74 Å². The fourth-order valence-electron chi connectivity index (χ4n) is 1.60. The molecule has 0 aromatic heterocycles. The Hall–Kier alpha value is -1.35. The second-order valence-electron chi connectivity index (χ2n) is 4.19. The van der Waals surface area contributed by atoms with Crippen molar-refractivity contribution in [1.29, 1.82) is 0 Å². The van der Waals surface area contributed by atoms with Crippen molar-refractivity contribution in [2.75, 3.05) is 7.11 Å². The van der Waals surface area contributed by atoms with Crippen LogP contribution in [-0.2, 0) is 9.53 Å². The quantitative estimate of drug-likeness (QED) is 0.792. The molecule has 3 nitrogen and oxygen atoms in total. The number of carbonyl (C=O) groups excluding carboxylic acids is 1. The van der Waals surface area contributed by atoms with Gasteiger partial charge >= 0.3 is 5.97 Å². The number of esters is 1. The number of benzene rings is 1. The molecular weight excluding hydrogens is 202 g/mol. The summed E-state index contributed by atoms with van der Waals surface area (Å²) in [6, 6.07) is 7.73. The Labute approximate surface area is 96.8 Å². The summed E-state index contributed by atoms with van der Waals surface area (Å²) in [6.07, 6.45) is 0. The van der Waals surface area contributed by atoms with E-state index in [0.717, 1.165) is 11.1 Å². The maximum Gasteiger partial charge on any atom is 0.327 e. The molecule has 16 heavy (non-hydrogen) atoms. The number of hydrogen-bond acceptors (Lipinski definition) is 3. The highest BCUT2D eigenvalue weighted by molar-refractivity contribution is 5.77. The average molecular weight is 221 g/mol. The van der Waals surface area contributed by atoms with Gasteiger partial charge in [0.2, 0.25) is 0 Å². The van der Waals surface area contributed by atoms with Gasteiger partial charge in [-0.2, -0.15) is 0 Å². The summed E-state index contributed by atoms with van der Waals surface area (Å²) in [7, 11) is 1.41. The molecule has 0 saturated carbocycles. The molecule has 1 aromatic carbocycles. The summed E-state index contributed by atoms with van der Waals surface area (Å²) in [5.41, 5.74) is 2.08. The maximum absolute atomic E-state index is 11.7. The largest absolute Gasteiger partial charge is 0.468 e. The van der Waals surface area contributed by atoms with Crippen LogP contribution in [-0.4, -0.2) is 19.1 Å². The van der Waals surface area contributed by atoms with E-state index in [9.17, 15) is 4.79 Å². The SMILES string of the molecule is COC(=O)C(NC(C)C)c1cccc(C)c1. The number of nitrogens with one attached hydrogen (secondary N) is 1. The summed E-state index contributed by atoms with van der Waals surface area (Å²) in [5, 5.41) is 3.20. The van der Waals surface area contributed by atoms with E-state index in [-0.39, 0.29) is 18.1 Å². The highest BCUT2D eigenvalue weighted by Crippen LogP contribution is 2.16. The van der Waals surface area contributed by atoms with Gasteiger partial charge in [-0.05, 0) is 26.3 Å². The van der Waals surface area contributed by atoms with Crippen molar-refractivity contribution in [1.82, 2.24) is 5.32 Å². The van der Waals surface area contributed by atoms with E-state index in [1.54, 1.807) is 0 Å². The first-order valence-electron chi connectivity index (χ1n) is 5.45. The molecular formula is C13H19NO2. The number of hydrogen-bond donors (Lipinski definition) is 1. The highest BCUT2D eigenvalue weighted by Gasteiger charge is 2.21. The van der Waals surface area contributed by atoms with Crippen molar-refractivity contribution in [2.45, 2.75) is 32.9 Å². The van der Waals surface area contributed by atoms with Crippen LogP contribution in [0.1, 0.15) is 31.0 Å². The van der Waals surface area contributed by atoms with Crippen molar-refractivity contribution in [3.8, 4) is 0 Å². The van der Waals surface area contributed by atoms with Gasteiger partial charge in [0, 0.05) is 6.04 Å². The number of ether oxygens (including phenoxy) is 1. The van der Waals surface area contributed by atoms with Crippen LogP contribution in [0, 0.1) is 6.92 Å². The van der Waals surface area contributed by atoms with Crippen molar-refractivity contribution in [3.05, 3.63) is 35.4 Å². The van der Waals surface area contributed by atoms with E-state index in [2.05, 4.69) is 5.32 Å². The highest BCUT2D eigenvalue weighted by atomic mass is 16.5. The summed E-state index contributed by atoms with van der Waals surface area (Å²) in [4.78, 5) is 11.7. The van der Waals surface area contributed by atoms with Crippen LogP contribution in [0.15, 0.2) is 24.3 Å². The number of carbonyl (C=O) groups is 1. The number of aryl methyl sites for hydroxylation is 1. The fourth-order valence-corrected chi connectivity index (χ4v) is 1.60. The van der Waals surface area contributed by atoms with Gasteiger partial charge in [0.1, 0.15) is 6.04 Å². The molecule has 0 aliphatic heterocycles. The smallest absolute Gasteiger partial charge is 0.327 e. The molecule has 3 heteroatoms. The van der Waals surface area contributed by atoms with Gasteiger partial charge in [0.25, 0.3) is 0 Å². The second-order valence-corrected chi connectivity index (χ2v) is 4.19. The topological polar surface area (TPSA) is 38.3 Å². The Morgan fingerprint density at radius 3 is 2.56 bits per heavy atom. The molecule has 1 N–H and O–H groups in total. The molecule has 0 heterocycles. The molecule has 0 spiro atoms. The Balaban J connectivity index is 2.96. The standard InChI is InChI=1S/C13H19NO2/c1-9(2)14-12(13(15)16-4)11-7-5-6-10(3)8-11/h5-9,12,14H,1-4H3. The third kappa shape index (κ3) is 3.35. The number of methoxy groups -OCH3 is 1. The van der Waals surface area contributed by atoms with Gasteiger partial charge in [-0.15, -0.1) is 0 Å². The lowest BCUT2D eigenvalue weighted by molar-refractivity contribution is -0.143. The molecule has 0 saturated heterocycles. The molecule has 0 radical (unpaired) electrons. The summed E-state index contributed by atoms with van der Waals surface area (Å²) in [5.74, 6) is -0.251. The minimum absolute atomic E-state index is 0.226. The van der Waals surface area contributed by atoms with Gasteiger partial charge in [-0.1, -0.05) is 29.8 Å². The fraction of sp³-hybridized carbons (Fsp3) is 0.462. The average Bonchev–Trinajstić information content (AvgIpc) is 2.24. The molecule has 0 amide bonds. The van der Waals surface area contributed by atoms with Crippen molar-refractivity contribution >= 4 is 5.97 Å². The molecule has 0 aliphatic carbocycles. The first-order valence-corrected chi connectivity index (χ1v) is 5.45. The third-order valence-electron chi connectivity index (χ3n) is 2.31. The van der Waals surface area contributed by atoms with Crippen molar-refractivity contribution < 1.29 is 9.53 Å². The van der Waals surface area contributed by atoms with Crippen molar-refractivity contribution in [2.24, 2.45) is 0 Å². The second kappa shape index (κ2) is 5.66. The van der Waals surface area contributed by atoms with E-state index in [1.165, 1.54) is 7.11 Å². The zero-order chi connectivity index (χ0) is 12.1. The Bertz CT molecular complexity index is 361. The zero-order valence-corrected chi connectivity index (χ0v) is 10.3.